The van der Waals surface area contributed by atoms with Crippen LogP contribution in [-0.4, -0.2) is 5.97 Å². The van der Waals surface area contributed by atoms with Gasteiger partial charge in [-0.3, -0.25) is 4.79 Å². The van der Waals surface area contributed by atoms with Gasteiger partial charge in [-0.05, 0) is 30.5 Å². The third-order valence-corrected chi connectivity index (χ3v) is 4.79. The highest BCUT2D eigenvalue weighted by molar-refractivity contribution is 7.12. The van der Waals surface area contributed by atoms with Crippen molar-refractivity contribution in [3.8, 4) is 0 Å². The normalized spacial score (nSPS) is 12.4. The summed E-state index contributed by atoms with van der Waals surface area (Å²) >= 11 is 1.70. The fourth-order valence-corrected chi connectivity index (χ4v) is 2.93. The van der Waals surface area contributed by atoms with Crippen LogP contribution in [-0.2, 0) is 16.1 Å². The van der Waals surface area contributed by atoms with Crippen molar-refractivity contribution in [1.29, 1.82) is 0 Å². The van der Waals surface area contributed by atoms with Gasteiger partial charge in [0.15, 0.2) is 0 Å². The standard InChI is InChI=1S/C17H20O2S/c1-12(2)15-9-10-16(20-15)13(3)17(18)19-11-14-7-5-4-6-8-14/h4-10,12-13H,11H2,1-3H3. The molecule has 2 aromatic rings. The van der Waals surface area contributed by atoms with E-state index in [4.69, 9.17) is 4.74 Å². The van der Waals surface area contributed by atoms with Crippen LogP contribution >= 0.6 is 11.3 Å². The average molecular weight is 288 g/mol. The summed E-state index contributed by atoms with van der Waals surface area (Å²) in [6.45, 7) is 6.57. The number of carbonyl (C=O) groups excluding carboxylic acids is 1. The molecule has 106 valence electrons. The molecule has 0 radical (unpaired) electrons. The first-order chi connectivity index (χ1) is 9.58. The number of hydrogen-bond acceptors (Lipinski definition) is 3. The van der Waals surface area contributed by atoms with E-state index in [0.29, 0.717) is 12.5 Å². The molecular weight excluding hydrogens is 268 g/mol. The predicted octanol–water partition coefficient (Wildman–Crippen LogP) is 4.72. The van der Waals surface area contributed by atoms with Gasteiger partial charge in [-0.1, -0.05) is 44.2 Å². The summed E-state index contributed by atoms with van der Waals surface area (Å²) in [5.74, 6) is 0.142. The van der Waals surface area contributed by atoms with Gasteiger partial charge in [0.05, 0.1) is 5.92 Å². The second kappa shape index (κ2) is 6.71. The molecule has 3 heteroatoms. The van der Waals surface area contributed by atoms with Crippen LogP contribution in [0.5, 0.6) is 0 Å². The van der Waals surface area contributed by atoms with Crippen molar-refractivity contribution >= 4 is 17.3 Å². The van der Waals surface area contributed by atoms with E-state index in [2.05, 4.69) is 19.9 Å². The molecule has 0 amide bonds. The highest BCUT2D eigenvalue weighted by atomic mass is 32.1. The molecule has 0 saturated heterocycles. The van der Waals surface area contributed by atoms with E-state index in [1.54, 1.807) is 11.3 Å². The van der Waals surface area contributed by atoms with Crippen LogP contribution in [0, 0.1) is 0 Å². The van der Waals surface area contributed by atoms with Crippen molar-refractivity contribution in [1.82, 2.24) is 0 Å². The minimum atomic E-state index is -0.198. The lowest BCUT2D eigenvalue weighted by molar-refractivity contribution is -0.146. The second-order valence-electron chi connectivity index (χ2n) is 5.21. The van der Waals surface area contributed by atoms with E-state index in [1.807, 2.05) is 43.3 Å². The Morgan fingerprint density at radius 2 is 1.70 bits per heavy atom. The molecule has 20 heavy (non-hydrogen) atoms. The Morgan fingerprint density at radius 1 is 1.05 bits per heavy atom. The van der Waals surface area contributed by atoms with Gasteiger partial charge in [-0.25, -0.2) is 0 Å². The molecule has 0 N–H and O–H groups in total. The lowest BCUT2D eigenvalue weighted by Crippen LogP contribution is -2.12. The molecular formula is C17H20O2S. The molecule has 0 aliphatic carbocycles. The number of hydrogen-bond donors (Lipinski definition) is 0. The zero-order chi connectivity index (χ0) is 14.5. The lowest BCUT2D eigenvalue weighted by atomic mass is 10.1. The summed E-state index contributed by atoms with van der Waals surface area (Å²) < 4.78 is 5.38. The van der Waals surface area contributed by atoms with Crippen LogP contribution in [0.1, 0.15) is 47.9 Å². The van der Waals surface area contributed by atoms with Gasteiger partial charge < -0.3 is 4.74 Å². The molecule has 2 rings (SSSR count). The quantitative estimate of drug-likeness (QED) is 0.744. The highest BCUT2D eigenvalue weighted by Gasteiger charge is 2.19. The molecule has 1 aromatic heterocycles. The first-order valence-corrected chi connectivity index (χ1v) is 7.69. The maximum absolute atomic E-state index is 12.1. The molecule has 1 unspecified atom stereocenters. The minimum Gasteiger partial charge on any atom is -0.460 e. The zero-order valence-electron chi connectivity index (χ0n) is 12.1. The maximum Gasteiger partial charge on any atom is 0.314 e. The van der Waals surface area contributed by atoms with Gasteiger partial charge >= 0.3 is 5.97 Å². The number of thiophene rings is 1. The molecule has 0 fully saturated rings. The molecule has 0 aliphatic heterocycles. The second-order valence-corrected chi connectivity index (χ2v) is 6.36. The van der Waals surface area contributed by atoms with Gasteiger partial charge in [0, 0.05) is 9.75 Å². The topological polar surface area (TPSA) is 26.3 Å². The van der Waals surface area contributed by atoms with Gasteiger partial charge in [0.25, 0.3) is 0 Å². The van der Waals surface area contributed by atoms with Crippen LogP contribution in [0.15, 0.2) is 42.5 Å². The van der Waals surface area contributed by atoms with Gasteiger partial charge in [-0.2, -0.15) is 0 Å². The number of rotatable bonds is 5. The summed E-state index contributed by atoms with van der Waals surface area (Å²) in [6.07, 6.45) is 0. The monoisotopic (exact) mass is 288 g/mol. The third kappa shape index (κ3) is 3.70. The summed E-state index contributed by atoms with van der Waals surface area (Å²) in [5.41, 5.74) is 1.02. The Hall–Kier alpha value is -1.61. The van der Waals surface area contributed by atoms with E-state index >= 15 is 0 Å². The Kier molecular flexibility index (Phi) is 4.96. The Balaban J connectivity index is 1.94. The van der Waals surface area contributed by atoms with Crippen LogP contribution in [0.25, 0.3) is 0 Å². The molecule has 1 atom stereocenters. The Morgan fingerprint density at radius 3 is 2.30 bits per heavy atom. The zero-order valence-corrected chi connectivity index (χ0v) is 12.9. The fraction of sp³-hybridized carbons (Fsp3) is 0.353. The Labute approximate surface area is 124 Å². The van der Waals surface area contributed by atoms with Crippen LogP contribution < -0.4 is 0 Å². The van der Waals surface area contributed by atoms with Crippen LogP contribution in [0.3, 0.4) is 0 Å². The van der Waals surface area contributed by atoms with Crippen molar-refractivity contribution in [3.05, 3.63) is 57.8 Å². The van der Waals surface area contributed by atoms with Crippen molar-refractivity contribution < 1.29 is 9.53 Å². The summed E-state index contributed by atoms with van der Waals surface area (Å²) in [7, 11) is 0. The first kappa shape index (κ1) is 14.8. The van der Waals surface area contributed by atoms with Crippen molar-refractivity contribution in [2.75, 3.05) is 0 Å². The van der Waals surface area contributed by atoms with Gasteiger partial charge in [0.2, 0.25) is 0 Å². The van der Waals surface area contributed by atoms with Gasteiger partial charge in [-0.15, -0.1) is 11.3 Å². The smallest absolute Gasteiger partial charge is 0.314 e. The maximum atomic E-state index is 12.1. The van der Waals surface area contributed by atoms with Crippen molar-refractivity contribution in [2.45, 2.75) is 39.2 Å². The average Bonchev–Trinajstić information content (AvgIpc) is 2.95. The van der Waals surface area contributed by atoms with E-state index in [0.717, 1.165) is 10.4 Å². The number of ether oxygens (including phenoxy) is 1. The molecule has 1 aromatic carbocycles. The van der Waals surface area contributed by atoms with Crippen LogP contribution in [0.2, 0.25) is 0 Å². The third-order valence-electron chi connectivity index (χ3n) is 3.22. The molecule has 1 heterocycles. The summed E-state index contributed by atoms with van der Waals surface area (Å²) in [6, 6.07) is 13.9. The SMILES string of the molecule is CC(C)c1ccc(C(C)C(=O)OCc2ccccc2)s1. The van der Waals surface area contributed by atoms with E-state index in [9.17, 15) is 4.79 Å². The fourth-order valence-electron chi connectivity index (χ4n) is 1.88. The predicted molar refractivity (Wildman–Crippen MR) is 83.1 cm³/mol. The molecule has 0 aliphatic rings. The molecule has 0 saturated carbocycles. The number of esters is 1. The Bertz CT molecular complexity index is 557. The van der Waals surface area contributed by atoms with E-state index < -0.39 is 0 Å². The van der Waals surface area contributed by atoms with Crippen molar-refractivity contribution in [2.24, 2.45) is 0 Å². The highest BCUT2D eigenvalue weighted by Crippen LogP contribution is 2.30. The molecule has 0 bridgehead atoms. The van der Waals surface area contributed by atoms with Crippen molar-refractivity contribution in [3.63, 3.8) is 0 Å². The van der Waals surface area contributed by atoms with E-state index in [1.165, 1.54) is 4.88 Å². The lowest BCUT2D eigenvalue weighted by Gasteiger charge is -2.10. The number of benzene rings is 1. The van der Waals surface area contributed by atoms with E-state index in [-0.39, 0.29) is 11.9 Å². The number of carbonyl (C=O) groups is 1. The minimum absolute atomic E-state index is 0.161. The van der Waals surface area contributed by atoms with Gasteiger partial charge in [0.1, 0.15) is 6.61 Å². The summed E-state index contributed by atoms with van der Waals surface area (Å²) in [4.78, 5) is 14.5. The first-order valence-electron chi connectivity index (χ1n) is 6.88. The largest absolute Gasteiger partial charge is 0.460 e. The molecule has 2 nitrogen and oxygen atoms in total. The molecule has 0 spiro atoms. The van der Waals surface area contributed by atoms with Crippen LogP contribution in [0.4, 0.5) is 0 Å². The summed E-state index contributed by atoms with van der Waals surface area (Å²) in [5, 5.41) is 0.